The number of ether oxygens (including phenoxy) is 3. The Hall–Kier alpha value is -1.95. The van der Waals surface area contributed by atoms with E-state index < -0.39 is 0 Å². The van der Waals surface area contributed by atoms with E-state index in [-0.39, 0.29) is 11.8 Å². The summed E-state index contributed by atoms with van der Waals surface area (Å²) in [4.78, 5) is 14.7. The molecule has 1 aromatic rings. The van der Waals surface area contributed by atoms with Crippen LogP contribution in [0, 0.1) is 5.92 Å². The Bertz CT molecular complexity index is 585. The van der Waals surface area contributed by atoms with Gasteiger partial charge in [0.25, 0.3) is 0 Å². The molecule has 1 unspecified atom stereocenters. The van der Waals surface area contributed by atoms with Crippen LogP contribution in [-0.4, -0.2) is 45.4 Å². The quantitative estimate of drug-likeness (QED) is 0.724. The maximum atomic E-state index is 12.5. The van der Waals surface area contributed by atoms with Crippen LogP contribution >= 0.6 is 0 Å². The molecule has 6 nitrogen and oxygen atoms in total. The van der Waals surface area contributed by atoms with E-state index in [1.807, 2.05) is 32.9 Å². The Kier molecular flexibility index (Phi) is 8.04. The molecule has 0 radical (unpaired) electrons. The predicted molar refractivity (Wildman–Crippen MR) is 105 cm³/mol. The van der Waals surface area contributed by atoms with Crippen LogP contribution in [0.15, 0.2) is 12.1 Å². The molecule has 6 heteroatoms. The van der Waals surface area contributed by atoms with E-state index in [0.29, 0.717) is 37.9 Å². The highest BCUT2D eigenvalue weighted by Crippen LogP contribution is 2.39. The van der Waals surface area contributed by atoms with E-state index in [0.717, 1.165) is 37.4 Å². The van der Waals surface area contributed by atoms with Gasteiger partial charge >= 0.3 is 0 Å². The fourth-order valence-corrected chi connectivity index (χ4v) is 3.06. The molecule has 1 fully saturated rings. The summed E-state index contributed by atoms with van der Waals surface area (Å²) in [6, 6.07) is 3.86. The summed E-state index contributed by atoms with van der Waals surface area (Å²) < 4.78 is 17.1. The molecule has 0 spiro atoms. The van der Waals surface area contributed by atoms with Gasteiger partial charge in [0.2, 0.25) is 5.91 Å². The Morgan fingerprint density at radius 3 is 2.42 bits per heavy atom. The average molecular weight is 364 g/mol. The number of carbonyl (C=O) groups excluding carboxylic acids is 1. The Balaban J connectivity index is 2.33. The van der Waals surface area contributed by atoms with E-state index in [4.69, 9.17) is 14.2 Å². The van der Waals surface area contributed by atoms with Gasteiger partial charge in [-0.2, -0.15) is 0 Å². The first-order chi connectivity index (χ1) is 12.6. The Morgan fingerprint density at radius 2 is 1.81 bits per heavy atom. The van der Waals surface area contributed by atoms with E-state index >= 15 is 0 Å². The average Bonchev–Trinajstić information content (AvgIpc) is 2.65. The zero-order valence-electron chi connectivity index (χ0n) is 16.5. The van der Waals surface area contributed by atoms with Gasteiger partial charge in [0.05, 0.1) is 37.8 Å². The SMILES string of the molecule is CCCC(C)C(=O)Nc1cc(OCC)c(N2CCOCC2)cc1OCC. The number of rotatable bonds is 9. The van der Waals surface area contributed by atoms with Gasteiger partial charge in [-0.3, -0.25) is 4.79 Å². The van der Waals surface area contributed by atoms with Gasteiger partial charge in [0.15, 0.2) is 0 Å². The van der Waals surface area contributed by atoms with Crippen molar-refractivity contribution in [1.82, 2.24) is 0 Å². The lowest BCUT2D eigenvalue weighted by atomic mass is 10.1. The first-order valence-corrected chi connectivity index (χ1v) is 9.67. The lowest BCUT2D eigenvalue weighted by molar-refractivity contribution is -0.119. The molecule has 146 valence electrons. The molecule has 1 aliphatic rings. The molecule has 0 saturated carbocycles. The summed E-state index contributed by atoms with van der Waals surface area (Å²) in [7, 11) is 0. The first kappa shape index (κ1) is 20.4. The number of carbonyl (C=O) groups is 1. The van der Waals surface area contributed by atoms with Crippen LogP contribution in [0.2, 0.25) is 0 Å². The minimum absolute atomic E-state index is 0.00868. The molecule has 1 saturated heterocycles. The normalized spacial score (nSPS) is 15.5. The molecule has 1 aliphatic heterocycles. The summed E-state index contributed by atoms with van der Waals surface area (Å²) in [6.07, 6.45) is 1.84. The van der Waals surface area contributed by atoms with Crippen LogP contribution in [0.4, 0.5) is 11.4 Å². The van der Waals surface area contributed by atoms with Gasteiger partial charge in [-0.25, -0.2) is 0 Å². The van der Waals surface area contributed by atoms with Crippen LogP contribution < -0.4 is 19.7 Å². The monoisotopic (exact) mass is 364 g/mol. The zero-order chi connectivity index (χ0) is 18.9. The first-order valence-electron chi connectivity index (χ1n) is 9.67. The second kappa shape index (κ2) is 10.3. The van der Waals surface area contributed by atoms with Gasteiger partial charge in [-0.05, 0) is 20.3 Å². The molecule has 0 bridgehead atoms. The van der Waals surface area contributed by atoms with Crippen molar-refractivity contribution >= 4 is 17.3 Å². The minimum Gasteiger partial charge on any atom is -0.492 e. The largest absolute Gasteiger partial charge is 0.492 e. The van der Waals surface area contributed by atoms with Crippen molar-refractivity contribution in [3.63, 3.8) is 0 Å². The topological polar surface area (TPSA) is 60.0 Å². The van der Waals surface area contributed by atoms with Gasteiger partial charge in [-0.1, -0.05) is 20.3 Å². The standard InChI is InChI=1S/C20H32N2O4/c1-5-8-15(4)20(23)21-16-13-19(26-7-3)17(14-18(16)25-6-2)22-9-11-24-12-10-22/h13-15H,5-12H2,1-4H3,(H,21,23). The van der Waals surface area contributed by atoms with Crippen LogP contribution in [0.25, 0.3) is 0 Å². The molecule has 0 aliphatic carbocycles. The fraction of sp³-hybridized carbons (Fsp3) is 0.650. The smallest absolute Gasteiger partial charge is 0.227 e. The predicted octanol–water partition coefficient (Wildman–Crippen LogP) is 3.70. The zero-order valence-corrected chi connectivity index (χ0v) is 16.5. The maximum Gasteiger partial charge on any atom is 0.227 e. The number of nitrogens with zero attached hydrogens (tertiary/aromatic N) is 1. The third-order valence-corrected chi connectivity index (χ3v) is 4.44. The van der Waals surface area contributed by atoms with Gasteiger partial charge in [0.1, 0.15) is 11.5 Å². The van der Waals surface area contributed by atoms with Crippen molar-refractivity contribution < 1.29 is 19.0 Å². The number of benzene rings is 1. The van der Waals surface area contributed by atoms with Crippen molar-refractivity contribution in [3.05, 3.63) is 12.1 Å². The molecule has 1 aromatic carbocycles. The second-order valence-electron chi connectivity index (χ2n) is 6.46. The number of anilines is 2. The molecule has 1 N–H and O–H groups in total. The second-order valence-corrected chi connectivity index (χ2v) is 6.46. The van der Waals surface area contributed by atoms with Crippen molar-refractivity contribution in [2.45, 2.75) is 40.5 Å². The molecule has 1 amide bonds. The van der Waals surface area contributed by atoms with Crippen molar-refractivity contribution in [3.8, 4) is 11.5 Å². The van der Waals surface area contributed by atoms with Crippen LogP contribution in [0.5, 0.6) is 11.5 Å². The Morgan fingerprint density at radius 1 is 1.15 bits per heavy atom. The lowest BCUT2D eigenvalue weighted by Crippen LogP contribution is -2.36. The summed E-state index contributed by atoms with van der Waals surface area (Å²) in [5.41, 5.74) is 1.65. The number of nitrogens with one attached hydrogen (secondary N) is 1. The molecular formula is C20H32N2O4. The highest BCUT2D eigenvalue weighted by atomic mass is 16.5. The lowest BCUT2D eigenvalue weighted by Gasteiger charge is -2.31. The van der Waals surface area contributed by atoms with Crippen molar-refractivity contribution in [2.75, 3.05) is 49.7 Å². The summed E-state index contributed by atoms with van der Waals surface area (Å²) >= 11 is 0. The maximum absolute atomic E-state index is 12.5. The molecule has 1 atom stereocenters. The summed E-state index contributed by atoms with van der Waals surface area (Å²) in [5, 5.41) is 3.02. The van der Waals surface area contributed by atoms with Gasteiger partial charge in [-0.15, -0.1) is 0 Å². The van der Waals surface area contributed by atoms with Crippen LogP contribution in [0.3, 0.4) is 0 Å². The number of hydrogen-bond donors (Lipinski definition) is 1. The third-order valence-electron chi connectivity index (χ3n) is 4.44. The van der Waals surface area contributed by atoms with Crippen LogP contribution in [0.1, 0.15) is 40.5 Å². The molecule has 2 rings (SSSR count). The number of hydrogen-bond acceptors (Lipinski definition) is 5. The molecule has 0 aromatic heterocycles. The van der Waals surface area contributed by atoms with E-state index in [2.05, 4.69) is 17.1 Å². The highest BCUT2D eigenvalue weighted by Gasteiger charge is 2.21. The van der Waals surface area contributed by atoms with E-state index in [9.17, 15) is 4.79 Å². The molecular weight excluding hydrogens is 332 g/mol. The van der Waals surface area contributed by atoms with E-state index in [1.54, 1.807) is 0 Å². The minimum atomic E-state index is -0.0380. The summed E-state index contributed by atoms with van der Waals surface area (Å²) in [6.45, 7) is 12.0. The molecule has 26 heavy (non-hydrogen) atoms. The number of morpholine rings is 1. The van der Waals surface area contributed by atoms with E-state index in [1.165, 1.54) is 0 Å². The van der Waals surface area contributed by atoms with Crippen LogP contribution in [-0.2, 0) is 9.53 Å². The highest BCUT2D eigenvalue weighted by molar-refractivity contribution is 5.94. The van der Waals surface area contributed by atoms with Gasteiger partial charge in [0, 0.05) is 31.1 Å². The molecule has 1 heterocycles. The van der Waals surface area contributed by atoms with Crippen molar-refractivity contribution in [2.24, 2.45) is 5.92 Å². The summed E-state index contributed by atoms with van der Waals surface area (Å²) in [5.74, 6) is 1.41. The fourth-order valence-electron chi connectivity index (χ4n) is 3.06. The number of amides is 1. The van der Waals surface area contributed by atoms with Gasteiger partial charge < -0.3 is 24.4 Å². The third kappa shape index (κ3) is 5.27. The van der Waals surface area contributed by atoms with Crippen molar-refractivity contribution in [1.29, 1.82) is 0 Å². The Labute approximate surface area is 156 Å².